The number of thioether (sulfide) groups is 1. The van der Waals surface area contributed by atoms with Crippen LogP contribution in [0.15, 0.2) is 0 Å². The second kappa shape index (κ2) is 6.81. The maximum Gasteiger partial charge on any atom is 0.150 e. The highest BCUT2D eigenvalue weighted by Crippen LogP contribution is 2.17. The van der Waals surface area contributed by atoms with E-state index < -0.39 is 9.84 Å². The molecule has 1 atom stereocenters. The number of nitrogens with one attached hydrogen (secondary N) is 1. The van der Waals surface area contributed by atoms with Gasteiger partial charge in [0.05, 0.1) is 11.5 Å². The number of rotatable bonds is 5. The maximum atomic E-state index is 11.2. The van der Waals surface area contributed by atoms with Gasteiger partial charge in [-0.25, -0.2) is 8.42 Å². The normalized spacial score (nSPS) is 23.2. The van der Waals surface area contributed by atoms with Gasteiger partial charge in [0.25, 0.3) is 0 Å². The van der Waals surface area contributed by atoms with E-state index >= 15 is 0 Å². The van der Waals surface area contributed by atoms with E-state index in [1.54, 1.807) is 11.8 Å². The van der Waals surface area contributed by atoms with Gasteiger partial charge in [-0.1, -0.05) is 37.3 Å². The van der Waals surface area contributed by atoms with Gasteiger partial charge in [-0.3, -0.25) is 0 Å². The second-order valence-electron chi connectivity index (χ2n) is 4.14. The van der Waals surface area contributed by atoms with Crippen LogP contribution in [0.4, 0.5) is 0 Å². The standard InChI is InChI=1S/C10H19NO2S3/c1-2-3-5-15-10(14)11-7-9-4-6-16(12,13)8-9/h9H,2-8H2,1H3,(H,11,14)/t9-/m1/s1. The fraction of sp³-hybridized carbons (Fsp3) is 0.900. The summed E-state index contributed by atoms with van der Waals surface area (Å²) in [6.07, 6.45) is 3.12. The molecule has 1 rings (SSSR count). The fourth-order valence-corrected chi connectivity index (χ4v) is 4.62. The predicted molar refractivity (Wildman–Crippen MR) is 74.7 cm³/mol. The molecule has 0 saturated carbocycles. The summed E-state index contributed by atoms with van der Waals surface area (Å²) in [5.41, 5.74) is 0. The van der Waals surface area contributed by atoms with Crippen molar-refractivity contribution in [2.24, 2.45) is 5.92 Å². The highest BCUT2D eigenvalue weighted by atomic mass is 32.2. The molecule has 0 aromatic rings. The number of hydrogen-bond acceptors (Lipinski definition) is 4. The second-order valence-corrected chi connectivity index (χ2v) is 8.14. The molecule has 0 aromatic carbocycles. The van der Waals surface area contributed by atoms with Gasteiger partial charge in [0, 0.05) is 12.3 Å². The summed E-state index contributed by atoms with van der Waals surface area (Å²) in [5, 5.41) is 3.15. The van der Waals surface area contributed by atoms with Crippen LogP contribution in [-0.4, -0.2) is 36.5 Å². The third kappa shape index (κ3) is 5.50. The van der Waals surface area contributed by atoms with Gasteiger partial charge in [-0.15, -0.1) is 0 Å². The van der Waals surface area contributed by atoms with E-state index in [9.17, 15) is 8.42 Å². The Morgan fingerprint density at radius 2 is 2.31 bits per heavy atom. The first-order valence-electron chi connectivity index (χ1n) is 5.64. The molecule has 0 radical (unpaired) electrons. The smallest absolute Gasteiger partial charge is 0.150 e. The van der Waals surface area contributed by atoms with Gasteiger partial charge >= 0.3 is 0 Å². The Morgan fingerprint density at radius 1 is 1.56 bits per heavy atom. The summed E-state index contributed by atoms with van der Waals surface area (Å²) in [6, 6.07) is 0. The highest BCUT2D eigenvalue weighted by Gasteiger charge is 2.27. The topological polar surface area (TPSA) is 46.2 Å². The van der Waals surface area contributed by atoms with E-state index in [-0.39, 0.29) is 5.92 Å². The van der Waals surface area contributed by atoms with E-state index in [1.807, 2.05) is 0 Å². The SMILES string of the molecule is CCCCSC(=S)NC[C@H]1CCS(=O)(=O)C1. The molecule has 1 aliphatic heterocycles. The molecule has 0 bridgehead atoms. The van der Waals surface area contributed by atoms with Crippen molar-refractivity contribution in [2.75, 3.05) is 23.8 Å². The average molecular weight is 281 g/mol. The Morgan fingerprint density at radius 3 is 2.88 bits per heavy atom. The minimum atomic E-state index is -2.75. The molecule has 0 spiro atoms. The van der Waals surface area contributed by atoms with Crippen molar-refractivity contribution < 1.29 is 8.42 Å². The summed E-state index contributed by atoms with van der Waals surface area (Å²) < 4.78 is 23.3. The molecule has 3 nitrogen and oxygen atoms in total. The third-order valence-corrected chi connectivity index (χ3v) is 5.83. The third-order valence-electron chi connectivity index (χ3n) is 2.59. The molecular weight excluding hydrogens is 262 g/mol. The molecule has 6 heteroatoms. The molecule has 0 amide bonds. The number of unbranched alkanes of at least 4 members (excludes halogenated alkanes) is 1. The minimum absolute atomic E-state index is 0.245. The zero-order chi connectivity index (χ0) is 12.0. The first-order chi connectivity index (χ1) is 7.53. The monoisotopic (exact) mass is 281 g/mol. The molecule has 1 fully saturated rings. The first kappa shape index (κ1) is 14.3. The number of thiocarbonyl (C=S) groups is 1. The van der Waals surface area contributed by atoms with Crippen LogP contribution in [-0.2, 0) is 9.84 Å². The fourth-order valence-electron chi connectivity index (χ4n) is 1.62. The van der Waals surface area contributed by atoms with Gasteiger partial charge in [-0.05, 0) is 18.8 Å². The molecule has 0 aromatic heterocycles. The van der Waals surface area contributed by atoms with Crippen molar-refractivity contribution in [2.45, 2.75) is 26.2 Å². The van der Waals surface area contributed by atoms with Gasteiger partial charge in [0.2, 0.25) is 0 Å². The molecule has 94 valence electrons. The molecule has 1 saturated heterocycles. The van der Waals surface area contributed by atoms with Crippen molar-refractivity contribution >= 4 is 38.1 Å². The molecule has 1 aliphatic rings. The van der Waals surface area contributed by atoms with Crippen molar-refractivity contribution in [3.8, 4) is 0 Å². The minimum Gasteiger partial charge on any atom is -0.371 e. The Balaban J connectivity index is 2.13. The van der Waals surface area contributed by atoms with Crippen molar-refractivity contribution in [3.05, 3.63) is 0 Å². The van der Waals surface area contributed by atoms with Crippen LogP contribution in [0, 0.1) is 5.92 Å². The van der Waals surface area contributed by atoms with Gasteiger partial charge < -0.3 is 5.32 Å². The lowest BCUT2D eigenvalue weighted by Crippen LogP contribution is -2.26. The Hall–Kier alpha value is 0.190. The van der Waals surface area contributed by atoms with Crippen LogP contribution in [0.3, 0.4) is 0 Å². The van der Waals surface area contributed by atoms with E-state index in [1.165, 1.54) is 12.8 Å². The van der Waals surface area contributed by atoms with Gasteiger partial charge in [0.1, 0.15) is 4.32 Å². The van der Waals surface area contributed by atoms with Crippen LogP contribution in [0.25, 0.3) is 0 Å². The van der Waals surface area contributed by atoms with Crippen molar-refractivity contribution in [1.29, 1.82) is 0 Å². The summed E-state index contributed by atoms with van der Waals surface area (Å²) in [5.74, 6) is 1.96. The zero-order valence-corrected chi connectivity index (χ0v) is 12.0. The van der Waals surface area contributed by atoms with E-state index in [0.717, 1.165) is 16.5 Å². The quantitative estimate of drug-likeness (QED) is 0.615. The molecule has 16 heavy (non-hydrogen) atoms. The largest absolute Gasteiger partial charge is 0.371 e. The predicted octanol–water partition coefficient (Wildman–Crippen LogP) is 1.83. The lowest BCUT2D eigenvalue weighted by Gasteiger charge is -2.10. The zero-order valence-electron chi connectivity index (χ0n) is 9.57. The summed E-state index contributed by atoms with van der Waals surface area (Å²) in [6.45, 7) is 2.86. The van der Waals surface area contributed by atoms with Crippen LogP contribution >= 0.6 is 24.0 Å². The summed E-state index contributed by atoms with van der Waals surface area (Å²) in [4.78, 5) is 0. The summed E-state index contributed by atoms with van der Waals surface area (Å²) >= 11 is 6.82. The number of hydrogen-bond donors (Lipinski definition) is 1. The van der Waals surface area contributed by atoms with Crippen LogP contribution in [0.5, 0.6) is 0 Å². The van der Waals surface area contributed by atoms with Crippen molar-refractivity contribution in [3.63, 3.8) is 0 Å². The van der Waals surface area contributed by atoms with E-state index in [0.29, 0.717) is 18.1 Å². The molecular formula is C10H19NO2S3. The lowest BCUT2D eigenvalue weighted by atomic mass is 10.1. The van der Waals surface area contributed by atoms with Crippen LogP contribution in [0.2, 0.25) is 0 Å². The Bertz CT molecular complexity index is 327. The van der Waals surface area contributed by atoms with Gasteiger partial charge in [-0.2, -0.15) is 0 Å². The van der Waals surface area contributed by atoms with E-state index in [2.05, 4.69) is 12.2 Å². The Labute approximate surface area is 108 Å². The number of sulfone groups is 1. The molecule has 1 N–H and O–H groups in total. The van der Waals surface area contributed by atoms with Crippen LogP contribution in [0.1, 0.15) is 26.2 Å². The Kier molecular flexibility index (Phi) is 6.07. The average Bonchev–Trinajstić information content (AvgIpc) is 2.56. The van der Waals surface area contributed by atoms with Crippen molar-refractivity contribution in [1.82, 2.24) is 5.32 Å². The van der Waals surface area contributed by atoms with Crippen LogP contribution < -0.4 is 5.32 Å². The lowest BCUT2D eigenvalue weighted by molar-refractivity contribution is 0.575. The summed E-state index contributed by atoms with van der Waals surface area (Å²) in [7, 11) is -2.75. The van der Waals surface area contributed by atoms with E-state index in [4.69, 9.17) is 12.2 Å². The molecule has 0 unspecified atom stereocenters. The molecule has 1 heterocycles. The molecule has 0 aliphatic carbocycles. The van der Waals surface area contributed by atoms with Gasteiger partial charge in [0.15, 0.2) is 9.84 Å². The highest BCUT2D eigenvalue weighted by molar-refractivity contribution is 8.22. The maximum absolute atomic E-state index is 11.2. The first-order valence-corrected chi connectivity index (χ1v) is 8.86.